The molecule has 0 aliphatic carbocycles. The molecule has 6 heteroatoms. The van der Waals surface area contributed by atoms with Crippen LogP contribution in [0.25, 0.3) is 10.1 Å². The molecule has 0 atom stereocenters. The molecule has 2 amide bonds. The van der Waals surface area contributed by atoms with Crippen molar-refractivity contribution < 1.29 is 9.59 Å². The number of anilines is 1. The topological polar surface area (TPSA) is 72.2 Å². The summed E-state index contributed by atoms with van der Waals surface area (Å²) >= 11 is 7.68. The summed E-state index contributed by atoms with van der Waals surface area (Å²) in [6.07, 6.45) is 0. The fourth-order valence-electron chi connectivity index (χ4n) is 2.22. The highest BCUT2D eigenvalue weighted by Crippen LogP contribution is 2.36. The maximum Gasteiger partial charge on any atom is 0.267 e. The number of aryl methyl sites for hydroxylation is 1. The Morgan fingerprint density at radius 2 is 1.83 bits per heavy atom. The lowest BCUT2D eigenvalue weighted by molar-refractivity contribution is 0.0998. The number of hydrogen-bond acceptors (Lipinski definition) is 3. The van der Waals surface area contributed by atoms with Crippen LogP contribution >= 0.6 is 22.9 Å². The summed E-state index contributed by atoms with van der Waals surface area (Å²) in [5.41, 5.74) is 7.27. The van der Waals surface area contributed by atoms with Gasteiger partial charge in [0.05, 0.1) is 5.02 Å². The second-order valence-corrected chi connectivity index (χ2v) is 6.57. The van der Waals surface area contributed by atoms with Crippen LogP contribution in [0.1, 0.15) is 25.6 Å². The first-order valence-electron chi connectivity index (χ1n) is 6.85. The summed E-state index contributed by atoms with van der Waals surface area (Å²) in [7, 11) is 0. The van der Waals surface area contributed by atoms with Crippen LogP contribution in [0, 0.1) is 6.92 Å². The fraction of sp³-hybridized carbons (Fsp3) is 0.0588. The Labute approximate surface area is 141 Å². The summed E-state index contributed by atoms with van der Waals surface area (Å²) in [5, 5.41) is 4.10. The van der Waals surface area contributed by atoms with E-state index in [1.54, 1.807) is 24.3 Å². The Morgan fingerprint density at radius 3 is 2.48 bits per heavy atom. The first-order valence-corrected chi connectivity index (χ1v) is 8.05. The molecule has 1 heterocycles. The van der Waals surface area contributed by atoms with Gasteiger partial charge in [-0.3, -0.25) is 9.59 Å². The summed E-state index contributed by atoms with van der Waals surface area (Å²) in [6, 6.07) is 12.3. The molecule has 0 radical (unpaired) electrons. The number of nitrogens with two attached hydrogens (primary N) is 1. The lowest BCUT2D eigenvalue weighted by Gasteiger charge is -2.04. The Morgan fingerprint density at radius 1 is 1.13 bits per heavy atom. The van der Waals surface area contributed by atoms with E-state index in [-0.39, 0.29) is 5.91 Å². The first kappa shape index (κ1) is 15.5. The van der Waals surface area contributed by atoms with Crippen LogP contribution in [0.15, 0.2) is 42.5 Å². The lowest BCUT2D eigenvalue weighted by Crippen LogP contribution is -2.12. The predicted molar refractivity (Wildman–Crippen MR) is 94.5 cm³/mol. The molecule has 0 bridgehead atoms. The highest BCUT2D eigenvalue weighted by molar-refractivity contribution is 7.21. The average Bonchev–Trinajstić information content (AvgIpc) is 2.84. The number of thiophene rings is 1. The van der Waals surface area contributed by atoms with Crippen molar-refractivity contribution in [2.75, 3.05) is 5.32 Å². The maximum absolute atomic E-state index is 12.4. The molecule has 0 fully saturated rings. The average molecular weight is 345 g/mol. The van der Waals surface area contributed by atoms with Crippen molar-refractivity contribution in [2.45, 2.75) is 6.92 Å². The van der Waals surface area contributed by atoms with Gasteiger partial charge in [-0.2, -0.15) is 0 Å². The van der Waals surface area contributed by atoms with Gasteiger partial charge in [0.15, 0.2) is 0 Å². The molecule has 0 aliphatic rings. The van der Waals surface area contributed by atoms with Gasteiger partial charge in [0.25, 0.3) is 5.91 Å². The van der Waals surface area contributed by atoms with Gasteiger partial charge >= 0.3 is 0 Å². The second-order valence-electron chi connectivity index (χ2n) is 5.14. The van der Waals surface area contributed by atoms with Gasteiger partial charge in [-0.1, -0.05) is 23.7 Å². The van der Waals surface area contributed by atoms with E-state index in [1.165, 1.54) is 11.3 Å². The fourth-order valence-corrected chi connectivity index (χ4v) is 3.73. The molecular weight excluding hydrogens is 332 g/mol. The number of amides is 2. The van der Waals surface area contributed by atoms with Gasteiger partial charge in [0.2, 0.25) is 5.91 Å². The third-order valence-electron chi connectivity index (χ3n) is 3.42. The minimum atomic E-state index is -0.509. The molecule has 3 N–H and O–H groups in total. The molecule has 0 saturated heterocycles. The number of primary amides is 1. The molecule has 0 aliphatic heterocycles. The molecule has 0 spiro atoms. The maximum atomic E-state index is 12.4. The van der Waals surface area contributed by atoms with E-state index in [0.717, 1.165) is 15.6 Å². The number of rotatable bonds is 3. The largest absolute Gasteiger partial charge is 0.366 e. The van der Waals surface area contributed by atoms with Crippen LogP contribution in [0.3, 0.4) is 0 Å². The third-order valence-corrected chi connectivity index (χ3v) is 5.07. The summed E-state index contributed by atoms with van der Waals surface area (Å²) in [4.78, 5) is 23.9. The van der Waals surface area contributed by atoms with E-state index in [0.29, 0.717) is 21.2 Å². The number of benzene rings is 2. The molecule has 0 unspecified atom stereocenters. The Balaban J connectivity index is 1.88. The van der Waals surface area contributed by atoms with Gasteiger partial charge in [-0.15, -0.1) is 11.3 Å². The van der Waals surface area contributed by atoms with E-state index in [4.69, 9.17) is 17.3 Å². The highest BCUT2D eigenvalue weighted by Gasteiger charge is 2.17. The highest BCUT2D eigenvalue weighted by atomic mass is 35.5. The molecule has 116 valence electrons. The van der Waals surface area contributed by atoms with Crippen molar-refractivity contribution in [1.29, 1.82) is 0 Å². The second kappa shape index (κ2) is 6.02. The van der Waals surface area contributed by atoms with Crippen molar-refractivity contribution in [1.82, 2.24) is 0 Å². The quantitative estimate of drug-likeness (QED) is 0.746. The van der Waals surface area contributed by atoms with Crippen LogP contribution in [0.4, 0.5) is 5.69 Å². The normalized spacial score (nSPS) is 10.7. The Hall–Kier alpha value is -2.37. The predicted octanol–water partition coefficient (Wildman–Crippen LogP) is 4.21. The molecule has 2 aromatic carbocycles. The smallest absolute Gasteiger partial charge is 0.267 e. The van der Waals surface area contributed by atoms with Crippen LogP contribution in [0.5, 0.6) is 0 Å². The standard InChI is InChI=1S/C17H13ClN2O2S/c1-9-2-7-12-13(8-9)23-15(14(12)18)17(22)20-11-5-3-10(4-6-11)16(19)21/h2-8H,1H3,(H2,19,21)(H,20,22). The number of fused-ring (bicyclic) bond motifs is 1. The van der Waals surface area contributed by atoms with E-state index < -0.39 is 5.91 Å². The Bertz CT molecular complexity index is 916. The summed E-state index contributed by atoms with van der Waals surface area (Å²) in [6.45, 7) is 1.99. The van der Waals surface area contributed by atoms with Crippen LogP contribution < -0.4 is 11.1 Å². The zero-order valence-electron chi connectivity index (χ0n) is 12.2. The minimum Gasteiger partial charge on any atom is -0.366 e. The number of halogens is 1. The molecule has 4 nitrogen and oxygen atoms in total. The lowest BCUT2D eigenvalue weighted by atomic mass is 10.2. The Kier molecular flexibility index (Phi) is 4.07. The zero-order valence-corrected chi connectivity index (χ0v) is 13.8. The first-order chi connectivity index (χ1) is 11.0. The monoisotopic (exact) mass is 344 g/mol. The molecule has 1 aromatic heterocycles. The number of carbonyl (C=O) groups excluding carboxylic acids is 2. The molecule has 23 heavy (non-hydrogen) atoms. The van der Waals surface area contributed by atoms with E-state index in [9.17, 15) is 9.59 Å². The van der Waals surface area contributed by atoms with Gasteiger partial charge in [-0.25, -0.2) is 0 Å². The summed E-state index contributed by atoms with van der Waals surface area (Å²) < 4.78 is 0.976. The van der Waals surface area contributed by atoms with Crippen molar-refractivity contribution in [3.05, 3.63) is 63.5 Å². The SMILES string of the molecule is Cc1ccc2c(Cl)c(C(=O)Nc3ccc(C(N)=O)cc3)sc2c1. The zero-order chi connectivity index (χ0) is 16.6. The van der Waals surface area contributed by atoms with Crippen LogP contribution in [0.2, 0.25) is 5.02 Å². The molecule has 0 saturated carbocycles. The molecule has 3 aromatic rings. The number of hydrogen-bond donors (Lipinski definition) is 2. The van der Waals surface area contributed by atoms with Crippen LogP contribution in [-0.4, -0.2) is 11.8 Å². The number of nitrogens with one attached hydrogen (secondary N) is 1. The minimum absolute atomic E-state index is 0.277. The van der Waals surface area contributed by atoms with Gasteiger partial charge in [0.1, 0.15) is 4.88 Å². The van der Waals surface area contributed by atoms with Crippen molar-refractivity contribution >= 4 is 50.5 Å². The third kappa shape index (κ3) is 3.06. The van der Waals surface area contributed by atoms with Gasteiger partial charge in [0, 0.05) is 21.3 Å². The van der Waals surface area contributed by atoms with Crippen molar-refractivity contribution in [3.8, 4) is 0 Å². The molecular formula is C17H13ClN2O2S. The summed E-state index contributed by atoms with van der Waals surface area (Å²) in [5.74, 6) is -0.786. The van der Waals surface area contributed by atoms with Gasteiger partial charge < -0.3 is 11.1 Å². The van der Waals surface area contributed by atoms with Crippen LogP contribution in [-0.2, 0) is 0 Å². The number of carbonyl (C=O) groups is 2. The van der Waals surface area contributed by atoms with E-state index in [2.05, 4.69) is 5.32 Å². The van der Waals surface area contributed by atoms with Crippen molar-refractivity contribution in [3.63, 3.8) is 0 Å². The van der Waals surface area contributed by atoms with E-state index >= 15 is 0 Å². The van der Waals surface area contributed by atoms with Crippen molar-refractivity contribution in [2.24, 2.45) is 5.73 Å². The van der Waals surface area contributed by atoms with Gasteiger partial charge in [-0.05, 0) is 42.8 Å². The molecule has 3 rings (SSSR count). The van der Waals surface area contributed by atoms with E-state index in [1.807, 2.05) is 25.1 Å².